The average molecular weight is 353 g/mol. The summed E-state index contributed by atoms with van der Waals surface area (Å²) in [7, 11) is 1.85. The molecule has 5 heteroatoms. The van der Waals surface area contributed by atoms with Gasteiger partial charge in [0.1, 0.15) is 0 Å². The molecule has 2 aromatic rings. The normalized spacial score (nSPS) is 18.0. The molecule has 0 spiro atoms. The molecule has 1 N–H and O–H groups in total. The van der Waals surface area contributed by atoms with Gasteiger partial charge in [-0.2, -0.15) is 0 Å². The molecule has 1 saturated heterocycles. The van der Waals surface area contributed by atoms with E-state index in [2.05, 4.69) is 17.1 Å². The summed E-state index contributed by atoms with van der Waals surface area (Å²) in [4.78, 5) is 31.8. The predicted octanol–water partition coefficient (Wildman–Crippen LogP) is 3.13. The Balaban J connectivity index is 1.51. The van der Waals surface area contributed by atoms with Gasteiger partial charge in [0.15, 0.2) is 0 Å². The number of amides is 2. The zero-order valence-electron chi connectivity index (χ0n) is 15.7. The van der Waals surface area contributed by atoms with Crippen LogP contribution < -0.4 is 0 Å². The molecule has 1 fully saturated rings. The lowest BCUT2D eigenvalue weighted by Gasteiger charge is -2.36. The van der Waals surface area contributed by atoms with Crippen LogP contribution in [0.5, 0.6) is 0 Å². The Morgan fingerprint density at radius 1 is 1.15 bits per heavy atom. The van der Waals surface area contributed by atoms with E-state index in [-0.39, 0.29) is 17.9 Å². The molecular weight excluding hydrogens is 326 g/mol. The van der Waals surface area contributed by atoms with E-state index in [1.807, 2.05) is 18.0 Å². The van der Waals surface area contributed by atoms with Crippen molar-refractivity contribution in [1.29, 1.82) is 0 Å². The third-order valence-electron chi connectivity index (χ3n) is 6.14. The zero-order chi connectivity index (χ0) is 18.3. The third kappa shape index (κ3) is 3.00. The first kappa shape index (κ1) is 17.1. The Morgan fingerprint density at radius 3 is 2.62 bits per heavy atom. The van der Waals surface area contributed by atoms with Crippen molar-refractivity contribution in [3.05, 3.63) is 35.0 Å². The van der Waals surface area contributed by atoms with Crippen molar-refractivity contribution in [1.82, 2.24) is 14.8 Å². The Kier molecular flexibility index (Phi) is 4.47. The SMILES string of the molecule is CC(=O)N(C)C1CCN(C(=O)c2ccc3[nH]c4c(c3c2)CCCC4)CC1. The summed E-state index contributed by atoms with van der Waals surface area (Å²) in [6.45, 7) is 3.03. The van der Waals surface area contributed by atoms with Crippen LogP contribution >= 0.6 is 0 Å². The van der Waals surface area contributed by atoms with Crippen LogP contribution in [0.15, 0.2) is 18.2 Å². The van der Waals surface area contributed by atoms with E-state index in [1.165, 1.54) is 29.5 Å². The minimum Gasteiger partial charge on any atom is -0.358 e. The average Bonchev–Trinajstić information content (AvgIpc) is 3.04. The van der Waals surface area contributed by atoms with Crippen LogP contribution in [0.1, 0.15) is 54.2 Å². The second kappa shape index (κ2) is 6.78. The molecule has 2 amide bonds. The topological polar surface area (TPSA) is 56.4 Å². The number of benzene rings is 1. The van der Waals surface area contributed by atoms with Crippen LogP contribution in [0.2, 0.25) is 0 Å². The first-order chi connectivity index (χ1) is 12.5. The zero-order valence-corrected chi connectivity index (χ0v) is 15.7. The molecule has 1 aromatic carbocycles. The van der Waals surface area contributed by atoms with E-state index >= 15 is 0 Å². The van der Waals surface area contributed by atoms with Crippen LogP contribution in [0, 0.1) is 0 Å². The van der Waals surface area contributed by atoms with Crippen LogP contribution in [-0.4, -0.2) is 52.8 Å². The number of carbonyl (C=O) groups is 2. The number of rotatable bonds is 2. The van der Waals surface area contributed by atoms with E-state index in [9.17, 15) is 9.59 Å². The van der Waals surface area contributed by atoms with Crippen molar-refractivity contribution >= 4 is 22.7 Å². The van der Waals surface area contributed by atoms with Crippen LogP contribution in [0.4, 0.5) is 0 Å². The van der Waals surface area contributed by atoms with Gasteiger partial charge in [0.2, 0.25) is 5.91 Å². The quantitative estimate of drug-likeness (QED) is 0.902. The second-order valence-corrected chi connectivity index (χ2v) is 7.70. The molecule has 0 radical (unpaired) electrons. The largest absolute Gasteiger partial charge is 0.358 e. The summed E-state index contributed by atoms with van der Waals surface area (Å²) in [5.74, 6) is 0.207. The van der Waals surface area contributed by atoms with Crippen molar-refractivity contribution in [3.63, 3.8) is 0 Å². The highest BCUT2D eigenvalue weighted by atomic mass is 16.2. The minimum absolute atomic E-state index is 0.0949. The fraction of sp³-hybridized carbons (Fsp3) is 0.524. The predicted molar refractivity (Wildman–Crippen MR) is 102 cm³/mol. The van der Waals surface area contributed by atoms with Crippen molar-refractivity contribution in [2.24, 2.45) is 0 Å². The fourth-order valence-corrected chi connectivity index (χ4v) is 4.43. The number of piperidine rings is 1. The Hall–Kier alpha value is -2.30. The number of aromatic amines is 1. The van der Waals surface area contributed by atoms with E-state index in [0.29, 0.717) is 13.1 Å². The molecule has 1 aromatic heterocycles. The number of nitrogens with one attached hydrogen (secondary N) is 1. The summed E-state index contributed by atoms with van der Waals surface area (Å²) in [5, 5.41) is 1.22. The van der Waals surface area contributed by atoms with E-state index in [1.54, 1.807) is 11.8 Å². The van der Waals surface area contributed by atoms with Gasteiger partial charge >= 0.3 is 0 Å². The van der Waals surface area contributed by atoms with Crippen molar-refractivity contribution < 1.29 is 9.59 Å². The monoisotopic (exact) mass is 353 g/mol. The Bertz CT molecular complexity index is 846. The molecule has 5 nitrogen and oxygen atoms in total. The number of hydrogen-bond acceptors (Lipinski definition) is 2. The summed E-state index contributed by atoms with van der Waals surface area (Å²) < 4.78 is 0. The minimum atomic E-state index is 0.0949. The number of H-pyrrole nitrogens is 1. The Morgan fingerprint density at radius 2 is 1.88 bits per heavy atom. The van der Waals surface area contributed by atoms with E-state index in [0.717, 1.165) is 36.8 Å². The second-order valence-electron chi connectivity index (χ2n) is 7.70. The van der Waals surface area contributed by atoms with Gasteiger partial charge in [0.05, 0.1) is 0 Å². The Labute approximate surface area is 154 Å². The molecule has 0 saturated carbocycles. The van der Waals surface area contributed by atoms with Gasteiger partial charge in [-0.05, 0) is 62.3 Å². The van der Waals surface area contributed by atoms with Gasteiger partial charge in [0, 0.05) is 55.3 Å². The van der Waals surface area contributed by atoms with E-state index in [4.69, 9.17) is 0 Å². The molecular formula is C21H27N3O2. The molecule has 0 unspecified atom stereocenters. The molecule has 26 heavy (non-hydrogen) atoms. The molecule has 4 rings (SSSR count). The number of fused-ring (bicyclic) bond motifs is 3. The van der Waals surface area contributed by atoms with Crippen molar-refractivity contribution in [2.45, 2.75) is 51.5 Å². The number of carbonyl (C=O) groups excluding carboxylic acids is 2. The molecule has 2 heterocycles. The van der Waals surface area contributed by atoms with Crippen LogP contribution in [0.3, 0.4) is 0 Å². The molecule has 0 atom stereocenters. The molecule has 138 valence electrons. The number of nitrogens with zero attached hydrogens (tertiary/aromatic N) is 2. The lowest BCUT2D eigenvalue weighted by Crippen LogP contribution is -2.46. The highest BCUT2D eigenvalue weighted by molar-refractivity contribution is 5.99. The number of hydrogen-bond donors (Lipinski definition) is 1. The number of likely N-dealkylation sites (tertiary alicyclic amines) is 1. The van der Waals surface area contributed by atoms with Crippen LogP contribution in [-0.2, 0) is 17.6 Å². The van der Waals surface area contributed by atoms with Crippen molar-refractivity contribution in [2.75, 3.05) is 20.1 Å². The van der Waals surface area contributed by atoms with Gasteiger partial charge < -0.3 is 14.8 Å². The van der Waals surface area contributed by atoms with Gasteiger partial charge in [-0.25, -0.2) is 0 Å². The first-order valence-electron chi connectivity index (χ1n) is 9.70. The summed E-state index contributed by atoms with van der Waals surface area (Å²) in [6, 6.07) is 6.32. The fourth-order valence-electron chi connectivity index (χ4n) is 4.43. The maximum atomic E-state index is 13.0. The lowest BCUT2D eigenvalue weighted by molar-refractivity contribution is -0.130. The summed E-state index contributed by atoms with van der Waals surface area (Å²) in [5.41, 5.74) is 4.69. The van der Waals surface area contributed by atoms with Gasteiger partial charge in [0.25, 0.3) is 5.91 Å². The number of aromatic nitrogens is 1. The smallest absolute Gasteiger partial charge is 0.253 e. The third-order valence-corrected chi connectivity index (χ3v) is 6.14. The summed E-state index contributed by atoms with van der Waals surface area (Å²) in [6.07, 6.45) is 6.40. The molecule has 1 aliphatic heterocycles. The van der Waals surface area contributed by atoms with Crippen LogP contribution in [0.25, 0.3) is 10.9 Å². The highest BCUT2D eigenvalue weighted by Gasteiger charge is 2.27. The first-order valence-corrected chi connectivity index (χ1v) is 9.70. The maximum Gasteiger partial charge on any atom is 0.253 e. The molecule has 2 aliphatic rings. The van der Waals surface area contributed by atoms with Gasteiger partial charge in [-0.3, -0.25) is 9.59 Å². The van der Waals surface area contributed by atoms with E-state index < -0.39 is 0 Å². The molecule has 1 aliphatic carbocycles. The number of aryl methyl sites for hydroxylation is 2. The standard InChI is InChI=1S/C21H27N3O2/c1-14(25)23(2)16-9-11-24(12-10-16)21(26)15-7-8-20-18(13-15)17-5-3-4-6-19(17)22-20/h7-8,13,16,22H,3-6,9-12H2,1-2H3. The van der Waals surface area contributed by atoms with Gasteiger partial charge in [-0.1, -0.05) is 0 Å². The van der Waals surface area contributed by atoms with Crippen molar-refractivity contribution in [3.8, 4) is 0 Å². The summed E-state index contributed by atoms with van der Waals surface area (Å²) >= 11 is 0. The van der Waals surface area contributed by atoms with Gasteiger partial charge in [-0.15, -0.1) is 0 Å². The molecule has 0 bridgehead atoms. The highest BCUT2D eigenvalue weighted by Crippen LogP contribution is 2.30. The lowest BCUT2D eigenvalue weighted by atomic mass is 9.95. The maximum absolute atomic E-state index is 13.0.